The predicted molar refractivity (Wildman–Crippen MR) is 120 cm³/mol. The fourth-order valence-corrected chi connectivity index (χ4v) is 2.80. The largest absolute Gasteiger partial charge is 0.491 e. The van der Waals surface area contributed by atoms with Gasteiger partial charge in [-0.2, -0.15) is 0 Å². The summed E-state index contributed by atoms with van der Waals surface area (Å²) < 4.78 is 11.0. The Hall–Kier alpha value is -3.74. The van der Waals surface area contributed by atoms with Crippen LogP contribution in [0.3, 0.4) is 0 Å². The quantitative estimate of drug-likeness (QED) is 0.450. The van der Waals surface area contributed by atoms with E-state index >= 15 is 0 Å². The summed E-state index contributed by atoms with van der Waals surface area (Å²) in [6.07, 6.45) is 2.57. The number of rotatable bonds is 10. The van der Waals surface area contributed by atoms with Crippen LogP contribution in [0.1, 0.15) is 36.4 Å². The zero-order valence-electron chi connectivity index (χ0n) is 17.7. The number of carbonyl (C=O) groups excluding carboxylic acids is 2. The van der Waals surface area contributed by atoms with Crippen LogP contribution in [0, 0.1) is 0 Å². The molecule has 0 radical (unpaired) electrons. The third-order valence-corrected chi connectivity index (χ3v) is 4.61. The third kappa shape index (κ3) is 6.92. The fraction of sp³-hybridized carbons (Fsp3) is 0.250. The summed E-state index contributed by atoms with van der Waals surface area (Å²) >= 11 is 0. The molecule has 1 unspecified atom stereocenters. The molecule has 3 rings (SSSR count). The smallest absolute Gasteiger partial charge is 0.251 e. The second-order valence-corrected chi connectivity index (χ2v) is 7.11. The average molecular weight is 421 g/mol. The Kier molecular flexibility index (Phi) is 7.70. The van der Waals surface area contributed by atoms with E-state index in [4.69, 9.17) is 9.15 Å². The summed E-state index contributed by atoms with van der Waals surface area (Å²) in [4.78, 5) is 24.7. The minimum absolute atomic E-state index is 0.0634. The van der Waals surface area contributed by atoms with E-state index in [1.165, 1.54) is 0 Å². The van der Waals surface area contributed by atoms with Crippen LogP contribution < -0.4 is 20.7 Å². The molecule has 0 aliphatic heterocycles. The fourth-order valence-electron chi connectivity index (χ4n) is 2.80. The Bertz CT molecular complexity index is 1000. The lowest BCUT2D eigenvalue weighted by Crippen LogP contribution is -2.23. The second kappa shape index (κ2) is 10.9. The van der Waals surface area contributed by atoms with Gasteiger partial charge in [-0.3, -0.25) is 9.59 Å². The van der Waals surface area contributed by atoms with Crippen molar-refractivity contribution in [2.45, 2.75) is 32.9 Å². The van der Waals surface area contributed by atoms with Crippen LogP contribution >= 0.6 is 0 Å². The first-order valence-electron chi connectivity index (χ1n) is 10.2. The lowest BCUT2D eigenvalue weighted by atomic mass is 10.2. The van der Waals surface area contributed by atoms with E-state index in [0.29, 0.717) is 35.0 Å². The van der Waals surface area contributed by atoms with Crippen LogP contribution in [-0.2, 0) is 11.3 Å². The minimum atomic E-state index is -0.220. The molecule has 162 valence electrons. The monoisotopic (exact) mass is 421 g/mol. The summed E-state index contributed by atoms with van der Waals surface area (Å²) in [5.74, 6) is 0.974. The van der Waals surface area contributed by atoms with Gasteiger partial charge in [-0.25, -0.2) is 0 Å². The number of hydrogen-bond acceptors (Lipinski definition) is 5. The SMILES string of the molecule is CCC(C)Oc1cccc(NC(=O)CNc2cccc(C(=O)NCc3ccco3)c2)c1. The van der Waals surface area contributed by atoms with Crippen LogP contribution in [0.25, 0.3) is 0 Å². The number of furan rings is 1. The summed E-state index contributed by atoms with van der Waals surface area (Å²) in [5.41, 5.74) is 1.83. The van der Waals surface area contributed by atoms with E-state index in [0.717, 1.165) is 6.42 Å². The molecule has 3 aromatic rings. The molecular formula is C24H27N3O4. The summed E-state index contributed by atoms with van der Waals surface area (Å²) in [5, 5.41) is 8.69. The Balaban J connectivity index is 1.50. The average Bonchev–Trinajstić information content (AvgIpc) is 3.30. The second-order valence-electron chi connectivity index (χ2n) is 7.11. The molecule has 3 N–H and O–H groups in total. The van der Waals surface area contributed by atoms with Gasteiger partial charge in [0.2, 0.25) is 5.91 Å². The highest BCUT2D eigenvalue weighted by atomic mass is 16.5. The molecule has 0 spiro atoms. The third-order valence-electron chi connectivity index (χ3n) is 4.61. The van der Waals surface area contributed by atoms with Gasteiger partial charge in [0.1, 0.15) is 11.5 Å². The molecule has 0 aliphatic carbocycles. The highest BCUT2D eigenvalue weighted by Crippen LogP contribution is 2.19. The van der Waals surface area contributed by atoms with Crippen LogP contribution in [0.4, 0.5) is 11.4 Å². The molecule has 7 nitrogen and oxygen atoms in total. The molecule has 2 amide bonds. The van der Waals surface area contributed by atoms with E-state index in [9.17, 15) is 9.59 Å². The molecule has 1 aromatic heterocycles. The maximum Gasteiger partial charge on any atom is 0.251 e. The number of hydrogen-bond donors (Lipinski definition) is 3. The number of amides is 2. The van der Waals surface area contributed by atoms with E-state index in [1.807, 2.05) is 25.1 Å². The zero-order chi connectivity index (χ0) is 22.1. The molecule has 31 heavy (non-hydrogen) atoms. The van der Waals surface area contributed by atoms with E-state index in [-0.39, 0.29) is 24.5 Å². The van der Waals surface area contributed by atoms with Crippen molar-refractivity contribution in [2.75, 3.05) is 17.2 Å². The van der Waals surface area contributed by atoms with Crippen molar-refractivity contribution in [3.8, 4) is 5.75 Å². The van der Waals surface area contributed by atoms with Crippen molar-refractivity contribution in [2.24, 2.45) is 0 Å². The summed E-state index contributed by atoms with van der Waals surface area (Å²) in [6.45, 7) is 4.43. The van der Waals surface area contributed by atoms with Gasteiger partial charge in [0.05, 0.1) is 25.5 Å². The van der Waals surface area contributed by atoms with Crippen LogP contribution in [-0.4, -0.2) is 24.5 Å². The molecular weight excluding hydrogens is 394 g/mol. The van der Waals surface area contributed by atoms with Gasteiger partial charge in [-0.15, -0.1) is 0 Å². The molecule has 2 aromatic carbocycles. The van der Waals surface area contributed by atoms with Crippen molar-refractivity contribution in [1.82, 2.24) is 5.32 Å². The Labute approximate surface area is 181 Å². The van der Waals surface area contributed by atoms with Crippen LogP contribution in [0.15, 0.2) is 71.3 Å². The summed E-state index contributed by atoms with van der Waals surface area (Å²) in [6, 6.07) is 17.9. The maximum atomic E-state index is 12.3. The zero-order valence-corrected chi connectivity index (χ0v) is 17.7. The van der Waals surface area contributed by atoms with Gasteiger partial charge in [0.25, 0.3) is 5.91 Å². The maximum absolute atomic E-state index is 12.3. The highest BCUT2D eigenvalue weighted by molar-refractivity contribution is 5.96. The molecule has 1 heterocycles. The first-order valence-corrected chi connectivity index (χ1v) is 10.2. The van der Waals surface area contributed by atoms with Gasteiger partial charge >= 0.3 is 0 Å². The first-order chi connectivity index (χ1) is 15.0. The lowest BCUT2D eigenvalue weighted by Gasteiger charge is -2.14. The molecule has 0 aliphatic rings. The van der Waals surface area contributed by atoms with E-state index < -0.39 is 0 Å². The van der Waals surface area contributed by atoms with Crippen molar-refractivity contribution in [3.63, 3.8) is 0 Å². The first kappa shape index (κ1) is 22.0. The van der Waals surface area contributed by atoms with E-state index in [2.05, 4.69) is 22.9 Å². The van der Waals surface area contributed by atoms with Gasteiger partial charge in [-0.05, 0) is 55.8 Å². The van der Waals surface area contributed by atoms with Gasteiger partial charge in [0.15, 0.2) is 0 Å². The Morgan fingerprint density at radius 1 is 1.03 bits per heavy atom. The molecule has 0 bridgehead atoms. The van der Waals surface area contributed by atoms with Crippen molar-refractivity contribution < 1.29 is 18.7 Å². The Morgan fingerprint density at radius 2 is 1.84 bits per heavy atom. The van der Waals surface area contributed by atoms with Gasteiger partial charge in [0, 0.05) is 23.0 Å². The van der Waals surface area contributed by atoms with Gasteiger partial charge in [-0.1, -0.05) is 19.1 Å². The number of anilines is 2. The lowest BCUT2D eigenvalue weighted by molar-refractivity contribution is -0.114. The molecule has 0 saturated carbocycles. The number of ether oxygens (including phenoxy) is 1. The number of nitrogens with one attached hydrogen (secondary N) is 3. The Morgan fingerprint density at radius 3 is 2.61 bits per heavy atom. The highest BCUT2D eigenvalue weighted by Gasteiger charge is 2.09. The molecule has 1 atom stereocenters. The predicted octanol–water partition coefficient (Wildman–Crippen LogP) is 4.44. The molecule has 0 fully saturated rings. The van der Waals surface area contributed by atoms with Crippen LogP contribution in [0.5, 0.6) is 5.75 Å². The van der Waals surface area contributed by atoms with Crippen molar-refractivity contribution in [1.29, 1.82) is 0 Å². The van der Waals surface area contributed by atoms with Gasteiger partial charge < -0.3 is 25.1 Å². The summed E-state index contributed by atoms with van der Waals surface area (Å²) in [7, 11) is 0. The van der Waals surface area contributed by atoms with Crippen molar-refractivity contribution in [3.05, 3.63) is 78.3 Å². The number of benzene rings is 2. The molecule has 7 heteroatoms. The normalized spacial score (nSPS) is 11.4. The van der Waals surface area contributed by atoms with E-state index in [1.54, 1.807) is 48.7 Å². The minimum Gasteiger partial charge on any atom is -0.491 e. The topological polar surface area (TPSA) is 92.6 Å². The number of carbonyl (C=O) groups is 2. The molecule has 0 saturated heterocycles. The standard InChI is InChI=1S/C24H27N3O4/c1-3-17(2)31-21-10-5-9-20(14-21)27-23(28)16-25-19-8-4-7-18(13-19)24(29)26-15-22-11-6-12-30-22/h4-14,17,25H,3,15-16H2,1-2H3,(H,26,29)(H,27,28). The van der Waals surface area contributed by atoms with Crippen LogP contribution in [0.2, 0.25) is 0 Å². The van der Waals surface area contributed by atoms with Crippen molar-refractivity contribution >= 4 is 23.2 Å².